The van der Waals surface area contributed by atoms with E-state index in [0.29, 0.717) is 0 Å². The lowest BCUT2D eigenvalue weighted by atomic mass is 10.0. The highest BCUT2D eigenvalue weighted by molar-refractivity contribution is 7.12. The van der Waals surface area contributed by atoms with Gasteiger partial charge in [-0.05, 0) is 54.9 Å². The Morgan fingerprint density at radius 1 is 1.20 bits per heavy atom. The molecule has 20 heavy (non-hydrogen) atoms. The predicted octanol–water partition coefficient (Wildman–Crippen LogP) is 5.91. The third-order valence-corrected chi connectivity index (χ3v) is 6.03. The minimum absolute atomic E-state index is 0.0193. The van der Waals surface area contributed by atoms with Crippen LogP contribution in [0.3, 0.4) is 0 Å². The quantitative estimate of drug-likeness (QED) is 0.603. The van der Waals surface area contributed by atoms with Gasteiger partial charge in [-0.25, -0.2) is 0 Å². The molecule has 2 heteroatoms. The summed E-state index contributed by atoms with van der Waals surface area (Å²) in [5, 5.41) is 0.0193. The second-order valence-electron chi connectivity index (χ2n) is 5.66. The molecule has 3 rings (SSSR count). The van der Waals surface area contributed by atoms with Gasteiger partial charge in [0.15, 0.2) is 0 Å². The van der Waals surface area contributed by atoms with E-state index >= 15 is 0 Å². The topological polar surface area (TPSA) is 0 Å². The van der Waals surface area contributed by atoms with Gasteiger partial charge in [-0.1, -0.05) is 37.6 Å². The van der Waals surface area contributed by atoms with Gasteiger partial charge in [0.1, 0.15) is 0 Å². The van der Waals surface area contributed by atoms with Gasteiger partial charge in [-0.2, -0.15) is 0 Å². The Morgan fingerprint density at radius 3 is 2.70 bits per heavy atom. The van der Waals surface area contributed by atoms with Crippen molar-refractivity contribution in [3.8, 4) is 0 Å². The highest BCUT2D eigenvalue weighted by atomic mass is 35.5. The van der Waals surface area contributed by atoms with Crippen molar-refractivity contribution in [1.29, 1.82) is 0 Å². The molecule has 1 aromatic heterocycles. The molecule has 1 aliphatic rings. The molecule has 0 aliphatic heterocycles. The van der Waals surface area contributed by atoms with Gasteiger partial charge in [0, 0.05) is 9.75 Å². The van der Waals surface area contributed by atoms with Crippen LogP contribution in [0.5, 0.6) is 0 Å². The second-order valence-corrected chi connectivity index (χ2v) is 7.26. The molecule has 0 bridgehead atoms. The maximum atomic E-state index is 6.67. The number of hydrogen-bond donors (Lipinski definition) is 0. The molecule has 0 nitrogen and oxygen atoms in total. The number of alkyl halides is 1. The van der Waals surface area contributed by atoms with E-state index in [-0.39, 0.29) is 5.38 Å². The summed E-state index contributed by atoms with van der Waals surface area (Å²) in [5.41, 5.74) is 4.19. The first-order valence-corrected chi connectivity index (χ1v) is 8.87. The third-order valence-electron chi connectivity index (χ3n) is 4.11. The summed E-state index contributed by atoms with van der Waals surface area (Å²) in [5.74, 6) is 0. The highest BCUT2D eigenvalue weighted by Crippen LogP contribution is 2.39. The summed E-state index contributed by atoms with van der Waals surface area (Å²) in [6.45, 7) is 2.24. The van der Waals surface area contributed by atoms with Crippen LogP contribution in [0.1, 0.15) is 58.0 Å². The summed E-state index contributed by atoms with van der Waals surface area (Å²) in [6.07, 6.45) is 7.50. The lowest BCUT2D eigenvalue weighted by Gasteiger charge is -2.09. The molecule has 0 radical (unpaired) electrons. The Bertz CT molecular complexity index is 546. The van der Waals surface area contributed by atoms with E-state index in [0.717, 1.165) is 0 Å². The Kier molecular flexibility index (Phi) is 4.48. The SMILES string of the molecule is CCCCc1ccc(C(Cl)c2cc3c(s2)CCC3)cc1. The summed E-state index contributed by atoms with van der Waals surface area (Å²) < 4.78 is 0. The van der Waals surface area contributed by atoms with Crippen molar-refractivity contribution in [2.45, 2.75) is 50.8 Å². The molecule has 106 valence electrons. The van der Waals surface area contributed by atoms with Crippen LogP contribution in [0.4, 0.5) is 0 Å². The van der Waals surface area contributed by atoms with Gasteiger partial charge < -0.3 is 0 Å². The minimum atomic E-state index is 0.0193. The van der Waals surface area contributed by atoms with Crippen LogP contribution >= 0.6 is 22.9 Å². The number of benzene rings is 1. The van der Waals surface area contributed by atoms with E-state index in [1.165, 1.54) is 60.1 Å². The van der Waals surface area contributed by atoms with Crippen molar-refractivity contribution in [1.82, 2.24) is 0 Å². The van der Waals surface area contributed by atoms with E-state index in [1.807, 2.05) is 11.3 Å². The van der Waals surface area contributed by atoms with Gasteiger partial charge >= 0.3 is 0 Å². The molecule has 1 atom stereocenters. The average molecular weight is 305 g/mol. The Hall–Kier alpha value is -0.790. The zero-order valence-corrected chi connectivity index (χ0v) is 13.6. The zero-order valence-electron chi connectivity index (χ0n) is 12.0. The van der Waals surface area contributed by atoms with Crippen LogP contribution in [0, 0.1) is 0 Å². The second kappa shape index (κ2) is 6.32. The monoisotopic (exact) mass is 304 g/mol. The standard InChI is InChI=1S/C18H21ClS/c1-2-3-5-13-8-10-14(11-9-13)18(19)17-12-15-6-4-7-16(15)20-17/h8-12,18H,2-7H2,1H3. The normalized spacial score (nSPS) is 15.3. The van der Waals surface area contributed by atoms with Crippen molar-refractivity contribution >= 4 is 22.9 Å². The van der Waals surface area contributed by atoms with Gasteiger partial charge in [-0.15, -0.1) is 22.9 Å². The molecule has 1 unspecified atom stereocenters. The van der Waals surface area contributed by atoms with Gasteiger partial charge in [0.2, 0.25) is 0 Å². The molecule has 0 saturated heterocycles. The molecule has 1 aromatic carbocycles. The fourth-order valence-electron chi connectivity index (χ4n) is 2.88. The molecular weight excluding hydrogens is 284 g/mol. The molecule has 2 aromatic rings. The van der Waals surface area contributed by atoms with Gasteiger partial charge in [0.05, 0.1) is 5.38 Å². The number of hydrogen-bond acceptors (Lipinski definition) is 1. The van der Waals surface area contributed by atoms with Crippen molar-refractivity contribution in [3.63, 3.8) is 0 Å². The largest absolute Gasteiger partial charge is 0.143 e. The van der Waals surface area contributed by atoms with Crippen molar-refractivity contribution in [3.05, 3.63) is 56.8 Å². The van der Waals surface area contributed by atoms with Crippen LogP contribution in [0.2, 0.25) is 0 Å². The summed E-state index contributed by atoms with van der Waals surface area (Å²) in [7, 11) is 0. The Morgan fingerprint density at radius 2 is 2.00 bits per heavy atom. The van der Waals surface area contributed by atoms with Crippen molar-refractivity contribution in [2.24, 2.45) is 0 Å². The molecule has 0 amide bonds. The summed E-state index contributed by atoms with van der Waals surface area (Å²) in [4.78, 5) is 2.88. The average Bonchev–Trinajstić information content (AvgIpc) is 3.06. The molecule has 0 saturated carbocycles. The number of aryl methyl sites for hydroxylation is 3. The van der Waals surface area contributed by atoms with Crippen LogP contribution in [-0.2, 0) is 19.3 Å². The number of halogens is 1. The van der Waals surface area contributed by atoms with Gasteiger partial charge in [0.25, 0.3) is 0 Å². The summed E-state index contributed by atoms with van der Waals surface area (Å²) in [6, 6.07) is 11.2. The molecule has 1 heterocycles. The number of fused-ring (bicyclic) bond motifs is 1. The van der Waals surface area contributed by atoms with Crippen LogP contribution in [0.25, 0.3) is 0 Å². The molecular formula is C18H21ClS. The molecule has 0 spiro atoms. The molecule has 0 N–H and O–H groups in total. The first-order valence-electron chi connectivity index (χ1n) is 7.62. The van der Waals surface area contributed by atoms with Crippen LogP contribution in [-0.4, -0.2) is 0 Å². The maximum Gasteiger partial charge on any atom is 0.0927 e. The smallest absolute Gasteiger partial charge is 0.0927 e. The van der Waals surface area contributed by atoms with Gasteiger partial charge in [-0.3, -0.25) is 0 Å². The number of unbranched alkanes of at least 4 members (excludes halogenated alkanes) is 1. The highest BCUT2D eigenvalue weighted by Gasteiger charge is 2.19. The van der Waals surface area contributed by atoms with E-state index in [2.05, 4.69) is 37.3 Å². The summed E-state index contributed by atoms with van der Waals surface area (Å²) >= 11 is 8.58. The van der Waals surface area contributed by atoms with E-state index in [9.17, 15) is 0 Å². The third kappa shape index (κ3) is 2.94. The van der Waals surface area contributed by atoms with E-state index in [1.54, 1.807) is 4.88 Å². The first kappa shape index (κ1) is 14.2. The van der Waals surface area contributed by atoms with Crippen molar-refractivity contribution < 1.29 is 0 Å². The fourth-order valence-corrected chi connectivity index (χ4v) is 4.48. The lowest BCUT2D eigenvalue weighted by molar-refractivity contribution is 0.794. The lowest BCUT2D eigenvalue weighted by Crippen LogP contribution is -1.92. The molecule has 1 aliphatic carbocycles. The van der Waals surface area contributed by atoms with Crippen LogP contribution < -0.4 is 0 Å². The fraction of sp³-hybridized carbons (Fsp3) is 0.444. The first-order chi connectivity index (χ1) is 9.78. The van der Waals surface area contributed by atoms with E-state index in [4.69, 9.17) is 11.6 Å². The number of thiophene rings is 1. The predicted molar refractivity (Wildman–Crippen MR) is 89.1 cm³/mol. The Balaban J connectivity index is 1.74. The number of rotatable bonds is 5. The van der Waals surface area contributed by atoms with E-state index < -0.39 is 0 Å². The minimum Gasteiger partial charge on any atom is -0.143 e. The molecule has 0 fully saturated rings. The van der Waals surface area contributed by atoms with Crippen LogP contribution in [0.15, 0.2) is 30.3 Å². The zero-order chi connectivity index (χ0) is 13.9. The maximum absolute atomic E-state index is 6.67. The van der Waals surface area contributed by atoms with Crippen molar-refractivity contribution in [2.75, 3.05) is 0 Å². The Labute approximate surface area is 130 Å².